The van der Waals surface area contributed by atoms with Crippen LogP contribution < -0.4 is 15.5 Å². The normalized spacial score (nSPS) is 18.0. The molecule has 0 bridgehead atoms. The molecule has 0 radical (unpaired) electrons. The molecule has 7 rings (SSSR count). The second-order valence-corrected chi connectivity index (χ2v) is 18.2. The van der Waals surface area contributed by atoms with Crippen molar-refractivity contribution >= 4 is 0 Å². The van der Waals surface area contributed by atoms with E-state index in [9.17, 15) is 22.0 Å². The third kappa shape index (κ3) is 82.3. The number of nitrogens with two attached hydrogens (primary N) is 2. The van der Waals surface area contributed by atoms with Gasteiger partial charge in [0.15, 0.2) is 0 Å². The first-order valence-corrected chi connectivity index (χ1v) is 27.4. The lowest BCUT2D eigenvalue weighted by Crippen LogP contribution is -3.04. The number of ether oxygens (including phenoxy) is 16. The molecular weight excluding hydrogens is 1080 g/mol. The predicted molar refractivity (Wildman–Crippen MR) is 302 cm³/mol. The number of aromatic nitrogens is 1. The van der Waals surface area contributed by atoms with E-state index in [4.69, 9.17) is 56.8 Å². The summed E-state index contributed by atoms with van der Waals surface area (Å²) in [6, 6.07) is 5.77. The van der Waals surface area contributed by atoms with Gasteiger partial charge in [0.25, 0.3) is 6.43 Å². The quantitative estimate of drug-likeness (QED) is 0.0855. The van der Waals surface area contributed by atoms with Crippen LogP contribution in [0.3, 0.4) is 0 Å². The summed E-state index contributed by atoms with van der Waals surface area (Å²) in [6.45, 7) is 12.8. The minimum Gasteiger partial charge on any atom is -0.479 e. The Bertz CT molecular complexity index is 1210. The summed E-state index contributed by atoms with van der Waals surface area (Å²) < 4.78 is 131. The molecule has 5 heterocycles. The highest BCUT2D eigenvalue weighted by atomic mass is 19.4. The fourth-order valence-corrected chi connectivity index (χ4v) is 5.33. The number of pyridine rings is 1. The molecule has 0 aromatic carbocycles. The number of halogens is 5. The van der Waals surface area contributed by atoms with Crippen LogP contribution in [0.5, 0.6) is 0 Å². The summed E-state index contributed by atoms with van der Waals surface area (Å²) in [5.41, 5.74) is 0.972. The van der Waals surface area contributed by atoms with Crippen LogP contribution in [-0.2, 0) is 82.4 Å². The molecule has 2 aliphatic carbocycles. The van der Waals surface area contributed by atoms with E-state index in [0.717, 1.165) is 136 Å². The van der Waals surface area contributed by atoms with E-state index in [-0.39, 0.29) is 0 Å². The lowest BCUT2D eigenvalue weighted by molar-refractivity contribution is -0.832. The smallest absolute Gasteiger partial charge is 0.411 e. The average Bonchev–Trinajstić information content (AvgIpc) is 4.33. The number of methoxy groups -OCH3 is 12. The highest BCUT2D eigenvalue weighted by Gasteiger charge is 2.26. The van der Waals surface area contributed by atoms with Crippen molar-refractivity contribution in [1.82, 2.24) is 4.98 Å². The van der Waals surface area contributed by atoms with E-state index in [1.165, 1.54) is 44.2 Å². The minimum absolute atomic E-state index is 0.375. The fourth-order valence-electron chi connectivity index (χ4n) is 5.33. The van der Waals surface area contributed by atoms with Crippen molar-refractivity contribution < 1.29 is 113 Å². The monoisotopic (exact) mass is 1190 g/mol. The van der Waals surface area contributed by atoms with Gasteiger partial charge in [0, 0.05) is 138 Å². The number of hydrogen-bond acceptors (Lipinski definition) is 17. The van der Waals surface area contributed by atoms with Crippen LogP contribution in [0, 0.1) is 33.0 Å². The summed E-state index contributed by atoms with van der Waals surface area (Å²) in [4.78, 5) is 5.23. The van der Waals surface area contributed by atoms with Crippen LogP contribution >= 0.6 is 0 Å². The molecule has 81 heavy (non-hydrogen) atoms. The Balaban J connectivity index is -0.000000260. The lowest BCUT2D eigenvalue weighted by Gasteiger charge is -2.23. The standard InChI is InChI=1S/C7H9NO.C6H12O2.C5H13NO.C5H11N.2C5H10O2.C5H10O.C4H11NO.C4H8O2.C4H10O2.C3H5F3O.C3H6F2O/c1-9-6-7-4-2-3-5-8-7;1-7-6-2-4-8-5-3-6;1-6(2)4-5-7-3;1-6-4-5-2-3-5;2*1-6-5-2-3-7-4-5;1-6-4-5-2-3-5;1-5-3-4-6-2;1-5-4-2-6-3-4;1-5-3-4-6-2;1-7-2-3(4,5)6;1-6-2-3(4)5/h2-5H,6H2,1H3;6H,2-5H2,1H3;6H,1,4-5H2,2-3H3;5H,1-4,6H2;2*5H,2-4H2,1H3;5H,2-4H2,1H3;1,3-5H2,2H3;4H,2-3H2,1H3;3-4H2,1-2H3;2H2,1H3;3H,2H2,1H3/t;;;;2*5-;;;;;;/m....10....../s1. The molecule has 5 N–H and O–H groups in total. The molecule has 0 amide bonds. The van der Waals surface area contributed by atoms with Crippen LogP contribution in [0.25, 0.3) is 0 Å². The lowest BCUT2D eigenvalue weighted by atomic mass is 10.2. The van der Waals surface area contributed by atoms with Crippen LogP contribution in [0.2, 0.25) is 0 Å². The highest BCUT2D eigenvalue weighted by molar-refractivity contribution is 5.01. The maximum atomic E-state index is 10.9. The zero-order chi connectivity index (χ0) is 62.1. The van der Waals surface area contributed by atoms with Crippen molar-refractivity contribution in [3.8, 4) is 0 Å². The number of nitrogens with zero attached hydrogens (tertiary/aromatic N) is 1. The number of rotatable bonds is 22. The van der Waals surface area contributed by atoms with Crippen molar-refractivity contribution in [1.29, 1.82) is 0 Å². The van der Waals surface area contributed by atoms with E-state index < -0.39 is 25.8 Å². The molecule has 4 saturated heterocycles. The van der Waals surface area contributed by atoms with Crippen LogP contribution in [-0.4, -0.2) is 253 Å². The third-order valence-electron chi connectivity index (χ3n) is 10.6. The first kappa shape index (κ1) is 87.8. The molecule has 1 aromatic rings. The molecule has 0 spiro atoms. The molecule has 4 aliphatic heterocycles. The van der Waals surface area contributed by atoms with Gasteiger partial charge >= 0.3 is 6.18 Å². The van der Waals surface area contributed by atoms with Gasteiger partial charge in [-0.1, -0.05) is 6.07 Å². The number of nitrogens with one attached hydrogen (secondary N) is 1. The number of likely N-dealkylation sites (N-methyl/N-ethyl adjacent to an activating group) is 1. The Morgan fingerprint density at radius 3 is 1.23 bits per heavy atom. The molecule has 3 atom stereocenters. The summed E-state index contributed by atoms with van der Waals surface area (Å²) in [6.07, 6.45) is 6.83. The van der Waals surface area contributed by atoms with Crippen LogP contribution in [0.1, 0.15) is 57.1 Å². The number of hydrogen-bond donors (Lipinski definition) is 3. The largest absolute Gasteiger partial charge is 0.479 e. The predicted octanol–water partition coefficient (Wildman–Crippen LogP) is 4.01. The topological polar surface area (TPSA) is 198 Å². The van der Waals surface area contributed by atoms with E-state index in [2.05, 4.69) is 45.1 Å². The fraction of sp³-hybridized carbons (Fsp3) is 0.857. The molecule has 1 aromatic heterocycles. The van der Waals surface area contributed by atoms with E-state index in [0.29, 0.717) is 44.2 Å². The summed E-state index contributed by atoms with van der Waals surface area (Å²) in [5, 5.41) is 3.85. The van der Waals surface area contributed by atoms with Gasteiger partial charge in [0.2, 0.25) is 0 Å². The van der Waals surface area contributed by atoms with E-state index >= 15 is 0 Å². The Kier molecular flexibility index (Phi) is 76.5. The Labute approximate surface area is 486 Å². The van der Waals surface area contributed by atoms with Crippen molar-refractivity contribution in [2.75, 3.05) is 211 Å². The third-order valence-corrected chi connectivity index (χ3v) is 10.6. The molecule has 2 saturated carbocycles. The van der Waals surface area contributed by atoms with Crippen LogP contribution in [0.4, 0.5) is 22.0 Å². The highest BCUT2D eigenvalue weighted by Crippen LogP contribution is 2.28. The van der Waals surface area contributed by atoms with E-state index in [1.807, 2.05) is 35.9 Å². The van der Waals surface area contributed by atoms with Gasteiger partial charge in [-0.2, -0.15) is 34.3 Å². The first-order valence-electron chi connectivity index (χ1n) is 27.4. The van der Waals surface area contributed by atoms with E-state index in [1.54, 1.807) is 77.3 Å². The van der Waals surface area contributed by atoms with Crippen LogP contribution in [0.15, 0.2) is 24.4 Å². The number of quaternary nitrogens is 3. The average molecular weight is 1200 g/mol. The molecule has 6 fully saturated rings. The van der Waals surface area contributed by atoms with Gasteiger partial charge in [-0.3, -0.25) is 4.98 Å². The Morgan fingerprint density at radius 1 is 0.568 bits per heavy atom. The maximum Gasteiger partial charge on any atom is 0.411 e. The molecular formula is C56H115F5N4O16. The Hall–Kier alpha value is -1.96. The van der Waals surface area contributed by atoms with Crippen molar-refractivity contribution in [3.63, 3.8) is 0 Å². The number of alkyl halides is 5. The van der Waals surface area contributed by atoms with Gasteiger partial charge in [-0.05, 0) is 69.4 Å². The molecule has 25 heteroatoms. The zero-order valence-electron chi connectivity index (χ0n) is 52.1. The first-order chi connectivity index (χ1) is 39.0. The molecule has 1 unspecified atom stereocenters. The summed E-state index contributed by atoms with van der Waals surface area (Å²) >= 11 is 0. The van der Waals surface area contributed by atoms with Gasteiger partial charge in [0.1, 0.15) is 19.3 Å². The summed E-state index contributed by atoms with van der Waals surface area (Å²) in [7, 11) is 32.1. The SMILES string of the molecule is COC1CCOCC1.COC1COC1.COCC(F)(F)F.COCC(F)F.COCC1CC1.COCCOC.COCc1ccccn1.CO[C@@H]1CCOC1.CO[C@H]1CCOC1.[CH2-][NH+](C)CCOC.[CH2-][NH2+]CC1CC1.[CH2-][NH2+]CCOC. The minimum atomic E-state index is -4.17. The van der Waals surface area contributed by atoms with Gasteiger partial charge in [-0.25, -0.2) is 8.78 Å². The van der Waals surface area contributed by atoms with Crippen molar-refractivity contribution in [3.05, 3.63) is 51.2 Å². The molecule has 490 valence electrons. The second kappa shape index (κ2) is 70.5. The van der Waals surface area contributed by atoms with Crippen molar-refractivity contribution in [2.45, 2.75) is 95.0 Å². The zero-order valence-corrected chi connectivity index (χ0v) is 52.1. The van der Waals surface area contributed by atoms with Gasteiger partial charge in [0.05, 0.1) is 103 Å². The summed E-state index contributed by atoms with van der Waals surface area (Å²) in [5.74, 6) is 1.96. The molecule has 20 nitrogen and oxygen atoms in total. The second-order valence-electron chi connectivity index (χ2n) is 18.2. The maximum absolute atomic E-state index is 10.9. The molecule has 6 aliphatic rings. The van der Waals surface area contributed by atoms with Gasteiger partial charge < -0.3 is 91.3 Å². The van der Waals surface area contributed by atoms with Gasteiger partial charge in [-0.15, -0.1) is 0 Å². The van der Waals surface area contributed by atoms with Crippen molar-refractivity contribution in [2.24, 2.45) is 11.8 Å². The Morgan fingerprint density at radius 2 is 1.05 bits per heavy atom.